The molecule has 178 valence electrons. The lowest BCUT2D eigenvalue weighted by Gasteiger charge is -2.17. The highest BCUT2D eigenvalue weighted by Gasteiger charge is 2.22. The summed E-state index contributed by atoms with van der Waals surface area (Å²) in [7, 11) is 0. The average Bonchev–Trinajstić information content (AvgIpc) is 3.05. The number of nitrogens with zero attached hydrogens (tertiary/aromatic N) is 2. The molecule has 1 aromatic heterocycles. The first-order valence-corrected chi connectivity index (χ1v) is 11.0. The number of nitrogens with one attached hydrogen (secondary N) is 2. The summed E-state index contributed by atoms with van der Waals surface area (Å²) in [6, 6.07) is 14.3. The predicted octanol–water partition coefficient (Wildman–Crippen LogP) is 4.58. The first-order chi connectivity index (χ1) is 16.0. The number of aromatic nitrogens is 2. The second kappa shape index (κ2) is 9.91. The Hall–Kier alpha value is -3.94. The third-order valence-corrected chi connectivity index (χ3v) is 5.21. The Labute approximate surface area is 199 Å². The summed E-state index contributed by atoms with van der Waals surface area (Å²) in [6.07, 6.45) is 0. The topological polar surface area (TPSA) is 102 Å². The number of hydrogen-bond acceptors (Lipinski definition) is 5. The summed E-state index contributed by atoms with van der Waals surface area (Å²) in [4.78, 5) is 37.1. The molecule has 2 N–H and O–H groups in total. The molecule has 3 aromatic rings. The van der Waals surface area contributed by atoms with E-state index < -0.39 is 23.9 Å². The normalized spacial score (nSPS) is 11.1. The fourth-order valence-corrected chi connectivity index (χ4v) is 3.19. The highest BCUT2D eigenvalue weighted by molar-refractivity contribution is 5.98. The zero-order valence-corrected chi connectivity index (χ0v) is 20.4. The van der Waals surface area contributed by atoms with Gasteiger partial charge in [0.1, 0.15) is 0 Å². The van der Waals surface area contributed by atoms with Gasteiger partial charge in [-0.1, -0.05) is 44.5 Å². The van der Waals surface area contributed by atoms with Gasteiger partial charge in [-0.3, -0.25) is 9.59 Å². The SMILES string of the molecule is Cc1ccc(-n2nc(C)c(NC(=O)COC(=O)c3cccc(NC(=O)C(C)(C)C)c3)c2C)cc1. The standard InChI is InChI=1S/C26H30N4O4/c1-16-10-12-21(13-11-16)30-18(3)23(17(2)29-30)28-22(31)15-34-24(32)19-8-7-9-20(14-19)27-25(33)26(4,5)6/h7-14H,15H2,1-6H3,(H,27,33)(H,28,31). The first kappa shape index (κ1) is 24.7. The third-order valence-electron chi connectivity index (χ3n) is 5.21. The van der Waals surface area contributed by atoms with Gasteiger partial charge in [-0.05, 0) is 51.1 Å². The minimum absolute atomic E-state index is 0.172. The molecule has 0 aliphatic heterocycles. The van der Waals surface area contributed by atoms with E-state index in [9.17, 15) is 14.4 Å². The lowest BCUT2D eigenvalue weighted by molar-refractivity contribution is -0.123. The quantitative estimate of drug-likeness (QED) is 0.522. The Morgan fingerprint density at radius 2 is 1.65 bits per heavy atom. The van der Waals surface area contributed by atoms with Crippen LogP contribution in [0.1, 0.15) is 48.1 Å². The summed E-state index contributed by atoms with van der Waals surface area (Å²) < 4.78 is 6.94. The van der Waals surface area contributed by atoms with E-state index in [4.69, 9.17) is 4.74 Å². The Bertz CT molecular complexity index is 1220. The van der Waals surface area contributed by atoms with Crippen molar-refractivity contribution in [3.05, 3.63) is 71.0 Å². The predicted molar refractivity (Wildman–Crippen MR) is 131 cm³/mol. The van der Waals surface area contributed by atoms with Crippen LogP contribution in [0, 0.1) is 26.2 Å². The van der Waals surface area contributed by atoms with Gasteiger partial charge in [0.25, 0.3) is 5.91 Å². The van der Waals surface area contributed by atoms with Crippen molar-refractivity contribution in [1.29, 1.82) is 0 Å². The van der Waals surface area contributed by atoms with E-state index in [0.29, 0.717) is 17.1 Å². The Kier molecular flexibility index (Phi) is 7.20. The molecule has 0 atom stereocenters. The van der Waals surface area contributed by atoms with Crippen LogP contribution in [0.4, 0.5) is 11.4 Å². The van der Waals surface area contributed by atoms with Crippen molar-refractivity contribution >= 4 is 29.2 Å². The molecule has 0 saturated carbocycles. The molecule has 3 rings (SSSR count). The van der Waals surface area contributed by atoms with Crippen LogP contribution in [0.2, 0.25) is 0 Å². The maximum atomic E-state index is 12.5. The van der Waals surface area contributed by atoms with E-state index >= 15 is 0 Å². The smallest absolute Gasteiger partial charge is 0.338 e. The van der Waals surface area contributed by atoms with Crippen LogP contribution < -0.4 is 10.6 Å². The van der Waals surface area contributed by atoms with Crippen molar-refractivity contribution < 1.29 is 19.1 Å². The maximum absolute atomic E-state index is 12.5. The molecule has 0 radical (unpaired) electrons. The van der Waals surface area contributed by atoms with Crippen LogP contribution in [0.15, 0.2) is 48.5 Å². The number of rotatable bonds is 6. The lowest BCUT2D eigenvalue weighted by atomic mass is 9.95. The van der Waals surface area contributed by atoms with Crippen LogP contribution >= 0.6 is 0 Å². The van der Waals surface area contributed by atoms with Crippen LogP contribution in [0.25, 0.3) is 5.69 Å². The number of esters is 1. The van der Waals surface area contributed by atoms with Gasteiger partial charge >= 0.3 is 5.97 Å². The van der Waals surface area contributed by atoms with Gasteiger partial charge < -0.3 is 15.4 Å². The molecular weight excluding hydrogens is 432 g/mol. The molecule has 8 heteroatoms. The van der Waals surface area contributed by atoms with Crippen LogP contribution in [-0.4, -0.2) is 34.2 Å². The zero-order chi connectivity index (χ0) is 25.0. The lowest BCUT2D eigenvalue weighted by Crippen LogP contribution is -2.27. The van der Waals surface area contributed by atoms with E-state index in [-0.39, 0.29) is 11.5 Å². The second-order valence-corrected chi connectivity index (χ2v) is 9.20. The van der Waals surface area contributed by atoms with E-state index in [2.05, 4.69) is 15.7 Å². The summed E-state index contributed by atoms with van der Waals surface area (Å²) in [6.45, 7) is 10.6. The van der Waals surface area contributed by atoms with Gasteiger partial charge in [-0.25, -0.2) is 9.48 Å². The Morgan fingerprint density at radius 3 is 2.29 bits per heavy atom. The fourth-order valence-electron chi connectivity index (χ4n) is 3.19. The fraction of sp³-hybridized carbons (Fsp3) is 0.308. The van der Waals surface area contributed by atoms with Crippen molar-refractivity contribution in [2.24, 2.45) is 5.41 Å². The highest BCUT2D eigenvalue weighted by atomic mass is 16.5. The number of carbonyl (C=O) groups excluding carboxylic acids is 3. The summed E-state index contributed by atoms with van der Waals surface area (Å²) in [5.74, 6) is -1.31. The Balaban J connectivity index is 1.62. The summed E-state index contributed by atoms with van der Waals surface area (Å²) in [5, 5.41) is 10.1. The van der Waals surface area contributed by atoms with Gasteiger partial charge in [0.2, 0.25) is 5.91 Å². The van der Waals surface area contributed by atoms with E-state index in [1.165, 1.54) is 6.07 Å². The molecule has 0 saturated heterocycles. The molecule has 2 aromatic carbocycles. The number of benzene rings is 2. The van der Waals surface area contributed by atoms with Crippen LogP contribution in [0.5, 0.6) is 0 Å². The number of aryl methyl sites for hydroxylation is 2. The molecule has 0 aliphatic carbocycles. The van der Waals surface area contributed by atoms with Gasteiger partial charge in [0.15, 0.2) is 6.61 Å². The first-order valence-electron chi connectivity index (χ1n) is 11.0. The average molecular weight is 463 g/mol. The maximum Gasteiger partial charge on any atom is 0.338 e. The molecule has 2 amide bonds. The second-order valence-electron chi connectivity index (χ2n) is 9.20. The monoisotopic (exact) mass is 462 g/mol. The molecule has 34 heavy (non-hydrogen) atoms. The summed E-state index contributed by atoms with van der Waals surface area (Å²) in [5.41, 5.74) is 4.17. The molecule has 0 bridgehead atoms. The minimum atomic E-state index is -0.661. The number of carbonyl (C=O) groups is 3. The molecular formula is C26H30N4O4. The number of amides is 2. The van der Waals surface area contributed by atoms with Crippen molar-refractivity contribution in [3.63, 3.8) is 0 Å². The number of ether oxygens (including phenoxy) is 1. The van der Waals surface area contributed by atoms with Gasteiger partial charge in [0, 0.05) is 11.1 Å². The van der Waals surface area contributed by atoms with Crippen LogP contribution in [-0.2, 0) is 14.3 Å². The molecule has 0 fully saturated rings. The van der Waals surface area contributed by atoms with E-state index in [0.717, 1.165) is 16.9 Å². The number of hydrogen-bond donors (Lipinski definition) is 2. The van der Waals surface area contributed by atoms with E-state index in [1.807, 2.05) is 38.1 Å². The molecule has 8 nitrogen and oxygen atoms in total. The van der Waals surface area contributed by atoms with Crippen molar-refractivity contribution in [1.82, 2.24) is 9.78 Å². The Morgan fingerprint density at radius 1 is 0.971 bits per heavy atom. The van der Waals surface area contributed by atoms with E-state index in [1.54, 1.807) is 50.6 Å². The highest BCUT2D eigenvalue weighted by Crippen LogP contribution is 2.23. The molecule has 0 aliphatic rings. The van der Waals surface area contributed by atoms with Crippen LogP contribution in [0.3, 0.4) is 0 Å². The van der Waals surface area contributed by atoms with Gasteiger partial charge in [-0.15, -0.1) is 0 Å². The van der Waals surface area contributed by atoms with Crippen molar-refractivity contribution in [2.75, 3.05) is 17.2 Å². The number of anilines is 2. The zero-order valence-electron chi connectivity index (χ0n) is 20.4. The van der Waals surface area contributed by atoms with Crippen molar-refractivity contribution in [2.45, 2.75) is 41.5 Å². The largest absolute Gasteiger partial charge is 0.452 e. The van der Waals surface area contributed by atoms with Gasteiger partial charge in [-0.2, -0.15) is 5.10 Å². The van der Waals surface area contributed by atoms with Gasteiger partial charge in [0.05, 0.1) is 28.3 Å². The molecule has 0 unspecified atom stereocenters. The summed E-state index contributed by atoms with van der Waals surface area (Å²) >= 11 is 0. The molecule has 1 heterocycles. The molecule has 0 spiro atoms. The minimum Gasteiger partial charge on any atom is -0.452 e. The third kappa shape index (κ3) is 5.89. The van der Waals surface area contributed by atoms with Crippen molar-refractivity contribution in [3.8, 4) is 5.69 Å².